The highest BCUT2D eigenvalue weighted by molar-refractivity contribution is 5.96. The van der Waals surface area contributed by atoms with Gasteiger partial charge in [-0.05, 0) is 95.6 Å². The molecule has 0 saturated carbocycles. The topological polar surface area (TPSA) is 32.3 Å². The van der Waals surface area contributed by atoms with Crippen molar-refractivity contribution in [2.75, 3.05) is 9.80 Å². The molecule has 1 heterocycles. The Labute approximate surface area is 351 Å². The van der Waals surface area contributed by atoms with Crippen molar-refractivity contribution in [1.82, 2.24) is 9.97 Å². The smallest absolute Gasteiger partial charge is 0.0973 e. The van der Waals surface area contributed by atoms with Gasteiger partial charge in [-0.3, -0.25) is 0 Å². The van der Waals surface area contributed by atoms with Gasteiger partial charge in [0.25, 0.3) is 0 Å². The van der Waals surface area contributed by atoms with Crippen molar-refractivity contribution in [2.45, 2.75) is 0 Å². The van der Waals surface area contributed by atoms with E-state index in [0.29, 0.717) is 0 Å². The summed E-state index contributed by atoms with van der Waals surface area (Å²) in [5.74, 6) is 0. The number of hydrogen-bond donors (Lipinski definition) is 0. The second-order valence-corrected chi connectivity index (χ2v) is 14.6. The predicted octanol–water partition coefficient (Wildman–Crippen LogP) is 15.2. The van der Waals surface area contributed by atoms with Crippen LogP contribution in [0.15, 0.2) is 243 Å². The van der Waals surface area contributed by atoms with Crippen LogP contribution < -0.4 is 9.80 Å². The highest BCUT2D eigenvalue weighted by atomic mass is 15.2. The van der Waals surface area contributed by atoms with Crippen LogP contribution >= 0.6 is 0 Å². The van der Waals surface area contributed by atoms with Crippen molar-refractivity contribution in [2.24, 2.45) is 0 Å². The standard InChI is InChI=1S/C56H40N4/c1-6-17-41(18-7-1)42-29-31-43(32-30-42)52-27-16-28-53-56(52)58-55(44-19-8-2-9-20-44)54(57-53)45-33-35-49(36-34-45)60(48-25-14-5-15-26-48)51-39-37-50(38-40-51)59(46-21-10-3-11-22-46)47-23-12-4-13-24-47/h1-40H. The molecule has 284 valence electrons. The first-order valence-corrected chi connectivity index (χ1v) is 20.2. The minimum atomic E-state index is 0.842. The van der Waals surface area contributed by atoms with E-state index < -0.39 is 0 Å². The van der Waals surface area contributed by atoms with Gasteiger partial charge in [-0.2, -0.15) is 0 Å². The third-order valence-corrected chi connectivity index (χ3v) is 10.9. The Balaban J connectivity index is 1.03. The average molecular weight is 769 g/mol. The van der Waals surface area contributed by atoms with Crippen LogP contribution in [0.4, 0.5) is 34.1 Å². The Hall–Kier alpha value is -8.08. The highest BCUT2D eigenvalue weighted by Gasteiger charge is 2.19. The molecule has 0 aliphatic carbocycles. The van der Waals surface area contributed by atoms with Crippen LogP contribution in [0.3, 0.4) is 0 Å². The van der Waals surface area contributed by atoms with Crippen molar-refractivity contribution in [1.29, 1.82) is 0 Å². The molecule has 0 fully saturated rings. The van der Waals surface area contributed by atoms with Crippen LogP contribution in [-0.2, 0) is 0 Å². The fourth-order valence-corrected chi connectivity index (χ4v) is 7.93. The fraction of sp³-hybridized carbons (Fsp3) is 0. The maximum absolute atomic E-state index is 5.42. The van der Waals surface area contributed by atoms with E-state index >= 15 is 0 Å². The molecule has 0 spiro atoms. The van der Waals surface area contributed by atoms with Gasteiger partial charge in [-0.1, -0.05) is 164 Å². The van der Waals surface area contributed by atoms with Gasteiger partial charge in [-0.25, -0.2) is 9.97 Å². The van der Waals surface area contributed by atoms with E-state index in [0.717, 1.165) is 78.8 Å². The van der Waals surface area contributed by atoms with Gasteiger partial charge in [-0.15, -0.1) is 0 Å². The maximum Gasteiger partial charge on any atom is 0.0973 e. The number of anilines is 6. The molecule has 0 N–H and O–H groups in total. The largest absolute Gasteiger partial charge is 0.311 e. The Morgan fingerprint density at radius 3 is 1.05 bits per heavy atom. The van der Waals surface area contributed by atoms with Gasteiger partial charge in [0.05, 0.1) is 22.4 Å². The molecule has 10 rings (SSSR count). The molecule has 0 aliphatic heterocycles. The van der Waals surface area contributed by atoms with Crippen molar-refractivity contribution < 1.29 is 0 Å². The quantitative estimate of drug-likeness (QED) is 0.139. The van der Waals surface area contributed by atoms with Crippen LogP contribution in [0.2, 0.25) is 0 Å². The summed E-state index contributed by atoms with van der Waals surface area (Å²) in [6.07, 6.45) is 0. The minimum Gasteiger partial charge on any atom is -0.311 e. The molecular formula is C56H40N4. The number of rotatable bonds is 10. The second-order valence-electron chi connectivity index (χ2n) is 14.6. The molecule has 0 radical (unpaired) electrons. The molecule has 0 amide bonds. The first-order chi connectivity index (χ1) is 29.8. The molecule has 10 aromatic rings. The Morgan fingerprint density at radius 2 is 0.567 bits per heavy atom. The zero-order chi connectivity index (χ0) is 40.1. The number of benzene rings is 9. The summed E-state index contributed by atoms with van der Waals surface area (Å²) in [6, 6.07) is 84.9. The molecule has 1 aromatic heterocycles. The van der Waals surface area contributed by atoms with Gasteiger partial charge in [0, 0.05) is 50.8 Å². The third kappa shape index (κ3) is 7.30. The predicted molar refractivity (Wildman–Crippen MR) is 251 cm³/mol. The maximum atomic E-state index is 5.42. The molecule has 0 atom stereocenters. The number of nitrogens with zero attached hydrogens (tertiary/aromatic N) is 4. The van der Waals surface area contributed by atoms with E-state index in [4.69, 9.17) is 9.97 Å². The Kier molecular flexibility index (Phi) is 9.92. The summed E-state index contributed by atoms with van der Waals surface area (Å²) in [5, 5.41) is 0. The number of aromatic nitrogens is 2. The Bertz CT molecular complexity index is 2940. The lowest BCUT2D eigenvalue weighted by molar-refractivity contribution is 1.25. The molecule has 0 bridgehead atoms. The van der Waals surface area contributed by atoms with Crippen LogP contribution in [0, 0.1) is 0 Å². The molecule has 0 unspecified atom stereocenters. The van der Waals surface area contributed by atoms with E-state index in [-0.39, 0.29) is 0 Å². The first kappa shape index (κ1) is 36.3. The van der Waals surface area contributed by atoms with E-state index in [1.807, 2.05) is 12.1 Å². The van der Waals surface area contributed by atoms with E-state index in [9.17, 15) is 0 Å². The second kappa shape index (κ2) is 16.4. The van der Waals surface area contributed by atoms with Gasteiger partial charge < -0.3 is 9.80 Å². The molecule has 4 heteroatoms. The normalized spacial score (nSPS) is 11.0. The van der Waals surface area contributed by atoms with Gasteiger partial charge in [0.2, 0.25) is 0 Å². The monoisotopic (exact) mass is 768 g/mol. The zero-order valence-corrected chi connectivity index (χ0v) is 32.9. The van der Waals surface area contributed by atoms with Gasteiger partial charge in [0.15, 0.2) is 0 Å². The lowest BCUT2D eigenvalue weighted by Crippen LogP contribution is -2.12. The lowest BCUT2D eigenvalue weighted by atomic mass is 9.98. The molecule has 0 aliphatic rings. The highest BCUT2D eigenvalue weighted by Crippen LogP contribution is 2.41. The summed E-state index contributed by atoms with van der Waals surface area (Å²) in [6.45, 7) is 0. The molecule has 60 heavy (non-hydrogen) atoms. The summed E-state index contributed by atoms with van der Waals surface area (Å²) < 4.78 is 0. The van der Waals surface area contributed by atoms with Crippen LogP contribution in [-0.4, -0.2) is 9.97 Å². The van der Waals surface area contributed by atoms with Crippen LogP contribution in [0.25, 0.3) is 55.8 Å². The first-order valence-electron chi connectivity index (χ1n) is 20.2. The van der Waals surface area contributed by atoms with Crippen molar-refractivity contribution in [3.8, 4) is 44.8 Å². The molecular weight excluding hydrogens is 729 g/mol. The summed E-state index contributed by atoms with van der Waals surface area (Å²) >= 11 is 0. The molecule has 4 nitrogen and oxygen atoms in total. The zero-order valence-electron chi connectivity index (χ0n) is 32.9. The van der Waals surface area contributed by atoms with Crippen molar-refractivity contribution in [3.63, 3.8) is 0 Å². The fourth-order valence-electron chi connectivity index (χ4n) is 7.93. The van der Waals surface area contributed by atoms with Crippen LogP contribution in [0.1, 0.15) is 0 Å². The van der Waals surface area contributed by atoms with E-state index in [1.54, 1.807) is 0 Å². The molecule has 0 saturated heterocycles. The van der Waals surface area contributed by atoms with E-state index in [2.05, 4.69) is 240 Å². The Morgan fingerprint density at radius 1 is 0.233 bits per heavy atom. The van der Waals surface area contributed by atoms with E-state index in [1.165, 1.54) is 11.1 Å². The van der Waals surface area contributed by atoms with Crippen molar-refractivity contribution in [3.05, 3.63) is 243 Å². The number of para-hydroxylation sites is 4. The van der Waals surface area contributed by atoms with Crippen LogP contribution in [0.5, 0.6) is 0 Å². The minimum absolute atomic E-state index is 0.842. The third-order valence-electron chi connectivity index (χ3n) is 10.9. The summed E-state index contributed by atoms with van der Waals surface area (Å²) in [5.41, 5.74) is 16.4. The number of hydrogen-bond acceptors (Lipinski definition) is 4. The molecule has 9 aromatic carbocycles. The van der Waals surface area contributed by atoms with Crippen molar-refractivity contribution >= 4 is 45.2 Å². The number of fused-ring (bicyclic) bond motifs is 1. The van der Waals surface area contributed by atoms with Gasteiger partial charge >= 0.3 is 0 Å². The average Bonchev–Trinajstić information content (AvgIpc) is 3.33. The SMILES string of the molecule is c1ccc(-c2ccc(-c3cccc4nc(-c5ccc(N(c6ccccc6)c6ccc(N(c7ccccc7)c7ccccc7)cc6)cc5)c(-c5ccccc5)nc34)cc2)cc1. The lowest BCUT2D eigenvalue weighted by Gasteiger charge is -2.28. The summed E-state index contributed by atoms with van der Waals surface area (Å²) in [4.78, 5) is 15.4. The van der Waals surface area contributed by atoms with Gasteiger partial charge in [0.1, 0.15) is 0 Å². The summed E-state index contributed by atoms with van der Waals surface area (Å²) in [7, 11) is 0.